The zero-order valence-corrected chi connectivity index (χ0v) is 9.08. The number of carbonyl (C=O) groups excluding carboxylic acids is 1. The first kappa shape index (κ1) is 13.5. The Hall–Kier alpha value is -1.56. The number of nitrogens with one attached hydrogen (secondary N) is 1. The molecule has 1 atom stereocenters. The van der Waals surface area contributed by atoms with Crippen LogP contribution >= 0.6 is 0 Å². The van der Waals surface area contributed by atoms with Gasteiger partial charge in [0.2, 0.25) is 0 Å². The highest BCUT2D eigenvalue weighted by molar-refractivity contribution is 5.95. The summed E-state index contributed by atoms with van der Waals surface area (Å²) in [6.07, 6.45) is -5.50. The van der Waals surface area contributed by atoms with Gasteiger partial charge in [0.25, 0.3) is 0 Å². The standard InChI is InChI=1S/C11H12F3NO2/c1-2-9(16)7-5-3-4-6-8(7)15-10(17)11(12,13)14/h3-6,9,16H,2H2,1H3,(H,15,17). The van der Waals surface area contributed by atoms with Crippen LogP contribution in [0.1, 0.15) is 25.0 Å². The van der Waals surface area contributed by atoms with E-state index in [1.54, 1.807) is 18.3 Å². The number of hydrogen-bond donors (Lipinski definition) is 2. The van der Waals surface area contributed by atoms with E-state index in [1.807, 2.05) is 0 Å². The fourth-order valence-electron chi connectivity index (χ4n) is 1.31. The van der Waals surface area contributed by atoms with Gasteiger partial charge in [-0.3, -0.25) is 4.79 Å². The van der Waals surface area contributed by atoms with Crippen molar-refractivity contribution >= 4 is 11.6 Å². The van der Waals surface area contributed by atoms with Crippen LogP contribution in [0.2, 0.25) is 0 Å². The molecular weight excluding hydrogens is 235 g/mol. The predicted molar refractivity (Wildman–Crippen MR) is 56.4 cm³/mol. The normalized spacial score (nSPS) is 13.2. The van der Waals surface area contributed by atoms with E-state index < -0.39 is 18.2 Å². The molecule has 0 saturated heterocycles. The van der Waals surface area contributed by atoms with E-state index in [-0.39, 0.29) is 11.3 Å². The minimum absolute atomic E-state index is 0.0239. The maximum absolute atomic E-state index is 12.1. The first-order valence-electron chi connectivity index (χ1n) is 5.01. The number of aliphatic hydroxyl groups is 1. The lowest BCUT2D eigenvalue weighted by Crippen LogP contribution is -2.30. The van der Waals surface area contributed by atoms with Gasteiger partial charge < -0.3 is 10.4 Å². The number of anilines is 1. The zero-order valence-electron chi connectivity index (χ0n) is 9.08. The van der Waals surface area contributed by atoms with E-state index in [4.69, 9.17) is 0 Å². The number of rotatable bonds is 3. The van der Waals surface area contributed by atoms with Crippen molar-refractivity contribution in [1.82, 2.24) is 0 Å². The molecule has 1 unspecified atom stereocenters. The molecule has 3 nitrogen and oxygen atoms in total. The summed E-state index contributed by atoms with van der Waals surface area (Å²) in [6, 6.07) is 5.85. The molecule has 0 fully saturated rings. The van der Waals surface area contributed by atoms with E-state index in [0.717, 1.165) is 0 Å². The molecule has 0 radical (unpaired) electrons. The van der Waals surface area contributed by atoms with Crippen LogP contribution in [-0.4, -0.2) is 17.2 Å². The van der Waals surface area contributed by atoms with Crippen LogP contribution in [0.3, 0.4) is 0 Å². The molecule has 2 N–H and O–H groups in total. The molecule has 6 heteroatoms. The van der Waals surface area contributed by atoms with Crippen LogP contribution in [0.4, 0.5) is 18.9 Å². The molecule has 0 spiro atoms. The van der Waals surface area contributed by atoms with E-state index >= 15 is 0 Å². The third kappa shape index (κ3) is 3.45. The second kappa shape index (κ2) is 5.18. The maximum Gasteiger partial charge on any atom is 0.471 e. The number of aliphatic hydroxyl groups excluding tert-OH is 1. The summed E-state index contributed by atoms with van der Waals surface area (Å²) >= 11 is 0. The molecule has 0 aliphatic carbocycles. The van der Waals surface area contributed by atoms with E-state index in [9.17, 15) is 23.1 Å². The predicted octanol–water partition coefficient (Wildman–Crippen LogP) is 2.63. The minimum atomic E-state index is -4.94. The molecule has 1 rings (SSSR count). The summed E-state index contributed by atoms with van der Waals surface area (Å²) in [7, 11) is 0. The van der Waals surface area contributed by atoms with E-state index in [0.29, 0.717) is 6.42 Å². The van der Waals surface area contributed by atoms with Crippen molar-refractivity contribution in [2.45, 2.75) is 25.6 Å². The molecule has 0 aromatic heterocycles. The molecule has 94 valence electrons. The third-order valence-corrected chi connectivity index (χ3v) is 2.21. The second-order valence-corrected chi connectivity index (χ2v) is 3.46. The molecule has 0 saturated carbocycles. The first-order chi connectivity index (χ1) is 7.86. The Morgan fingerprint density at radius 1 is 1.41 bits per heavy atom. The van der Waals surface area contributed by atoms with E-state index in [1.165, 1.54) is 18.2 Å². The molecule has 0 aliphatic heterocycles. The number of alkyl halides is 3. The van der Waals surface area contributed by atoms with Gasteiger partial charge in [0.1, 0.15) is 0 Å². The van der Waals surface area contributed by atoms with Crippen molar-refractivity contribution in [2.75, 3.05) is 5.32 Å². The van der Waals surface area contributed by atoms with Gasteiger partial charge >= 0.3 is 12.1 Å². The Bertz CT molecular complexity index is 404. The SMILES string of the molecule is CCC(O)c1ccccc1NC(=O)C(F)(F)F. The average Bonchev–Trinajstić information content (AvgIpc) is 2.27. The fourth-order valence-corrected chi connectivity index (χ4v) is 1.31. The van der Waals surface area contributed by atoms with Crippen LogP contribution in [0.25, 0.3) is 0 Å². The number of halogens is 3. The lowest BCUT2D eigenvalue weighted by molar-refractivity contribution is -0.167. The van der Waals surface area contributed by atoms with Crippen molar-refractivity contribution in [3.8, 4) is 0 Å². The summed E-state index contributed by atoms with van der Waals surface area (Å²) < 4.78 is 36.2. The monoisotopic (exact) mass is 247 g/mol. The Kier molecular flexibility index (Phi) is 4.11. The largest absolute Gasteiger partial charge is 0.471 e. The fraction of sp³-hybridized carbons (Fsp3) is 0.364. The zero-order chi connectivity index (χ0) is 13.1. The summed E-state index contributed by atoms with van der Waals surface area (Å²) in [5.41, 5.74) is 0.247. The van der Waals surface area contributed by atoms with Gasteiger partial charge in [0.05, 0.1) is 6.10 Å². The highest BCUT2D eigenvalue weighted by Crippen LogP contribution is 2.26. The topological polar surface area (TPSA) is 49.3 Å². The number of benzene rings is 1. The van der Waals surface area contributed by atoms with Crippen molar-refractivity contribution < 1.29 is 23.1 Å². The number of amides is 1. The van der Waals surface area contributed by atoms with Crippen molar-refractivity contribution in [2.24, 2.45) is 0 Å². The average molecular weight is 247 g/mol. The molecule has 1 aromatic rings. The van der Waals surface area contributed by atoms with Crippen LogP contribution in [0, 0.1) is 0 Å². The lowest BCUT2D eigenvalue weighted by atomic mass is 10.1. The molecule has 0 bridgehead atoms. The van der Waals surface area contributed by atoms with Gasteiger partial charge in [-0.2, -0.15) is 13.2 Å². The van der Waals surface area contributed by atoms with Gasteiger partial charge in [-0.15, -0.1) is 0 Å². The first-order valence-corrected chi connectivity index (χ1v) is 5.01. The van der Waals surface area contributed by atoms with Gasteiger partial charge in [-0.05, 0) is 12.5 Å². The Labute approximate surface area is 96.3 Å². The number of hydrogen-bond acceptors (Lipinski definition) is 2. The Balaban J connectivity index is 2.95. The van der Waals surface area contributed by atoms with Crippen LogP contribution in [0.15, 0.2) is 24.3 Å². The second-order valence-electron chi connectivity index (χ2n) is 3.46. The molecule has 1 amide bonds. The smallest absolute Gasteiger partial charge is 0.388 e. The Morgan fingerprint density at radius 2 is 2.00 bits per heavy atom. The number of carbonyl (C=O) groups is 1. The maximum atomic E-state index is 12.1. The summed E-state index contributed by atoms with van der Waals surface area (Å²) in [6.45, 7) is 1.69. The number of para-hydroxylation sites is 1. The quantitative estimate of drug-likeness (QED) is 0.862. The van der Waals surface area contributed by atoms with Crippen molar-refractivity contribution in [3.63, 3.8) is 0 Å². The van der Waals surface area contributed by atoms with Crippen LogP contribution in [-0.2, 0) is 4.79 Å². The highest BCUT2D eigenvalue weighted by Gasteiger charge is 2.39. The van der Waals surface area contributed by atoms with Gasteiger partial charge in [0.15, 0.2) is 0 Å². The van der Waals surface area contributed by atoms with Gasteiger partial charge in [-0.25, -0.2) is 0 Å². The lowest BCUT2D eigenvalue weighted by Gasteiger charge is -2.15. The van der Waals surface area contributed by atoms with Crippen molar-refractivity contribution in [3.05, 3.63) is 29.8 Å². The van der Waals surface area contributed by atoms with Crippen molar-refractivity contribution in [1.29, 1.82) is 0 Å². The highest BCUT2D eigenvalue weighted by atomic mass is 19.4. The minimum Gasteiger partial charge on any atom is -0.388 e. The summed E-state index contributed by atoms with van der Waals surface area (Å²) in [5.74, 6) is -2.05. The van der Waals surface area contributed by atoms with Crippen LogP contribution in [0.5, 0.6) is 0 Å². The molecule has 17 heavy (non-hydrogen) atoms. The van der Waals surface area contributed by atoms with Crippen LogP contribution < -0.4 is 5.32 Å². The summed E-state index contributed by atoms with van der Waals surface area (Å²) in [4.78, 5) is 10.8. The Morgan fingerprint density at radius 3 is 2.53 bits per heavy atom. The molecule has 0 heterocycles. The molecule has 0 aliphatic rings. The van der Waals surface area contributed by atoms with Gasteiger partial charge in [0, 0.05) is 11.3 Å². The van der Waals surface area contributed by atoms with E-state index in [2.05, 4.69) is 0 Å². The molecule has 1 aromatic carbocycles. The summed E-state index contributed by atoms with van der Waals surface area (Å²) in [5, 5.41) is 11.3. The molecular formula is C11H12F3NO2. The van der Waals surface area contributed by atoms with Gasteiger partial charge in [-0.1, -0.05) is 25.1 Å². The third-order valence-electron chi connectivity index (χ3n) is 2.21.